The monoisotopic (exact) mass is 303 g/mol. The van der Waals surface area contributed by atoms with Crippen LogP contribution in [0.15, 0.2) is 40.8 Å². The Labute approximate surface area is 132 Å². The minimum atomic E-state index is -0.264. The fourth-order valence-electron chi connectivity index (χ4n) is 2.42. The van der Waals surface area contributed by atoms with Crippen molar-refractivity contribution in [3.8, 4) is 11.3 Å². The summed E-state index contributed by atoms with van der Waals surface area (Å²) in [5, 5.41) is 12.6. The third kappa shape index (κ3) is 4.44. The molecule has 1 aromatic heterocycles. The Morgan fingerprint density at radius 3 is 2.55 bits per heavy atom. The van der Waals surface area contributed by atoms with Gasteiger partial charge in [-0.05, 0) is 32.4 Å². The molecule has 0 amide bonds. The van der Waals surface area contributed by atoms with E-state index < -0.39 is 0 Å². The molecule has 2 aromatic rings. The zero-order valence-corrected chi connectivity index (χ0v) is 13.6. The van der Waals surface area contributed by atoms with Crippen molar-refractivity contribution in [2.75, 3.05) is 20.3 Å². The van der Waals surface area contributed by atoms with Gasteiger partial charge in [-0.2, -0.15) is 0 Å². The average molecular weight is 303 g/mol. The Morgan fingerprint density at radius 2 is 1.91 bits per heavy atom. The molecule has 2 rings (SSSR count). The smallest absolute Gasteiger partial charge is 0.134 e. The highest BCUT2D eigenvalue weighted by Crippen LogP contribution is 2.23. The first-order chi connectivity index (χ1) is 10.6. The van der Waals surface area contributed by atoms with Crippen LogP contribution in [0.1, 0.15) is 24.7 Å². The summed E-state index contributed by atoms with van der Waals surface area (Å²) >= 11 is 0. The lowest BCUT2D eigenvalue weighted by atomic mass is 9.99. The maximum absolute atomic E-state index is 9.18. The van der Waals surface area contributed by atoms with E-state index in [9.17, 15) is 5.11 Å². The molecule has 0 radical (unpaired) electrons. The van der Waals surface area contributed by atoms with Crippen LogP contribution in [0.5, 0.6) is 0 Å². The van der Waals surface area contributed by atoms with Crippen molar-refractivity contribution in [2.45, 2.75) is 32.4 Å². The van der Waals surface area contributed by atoms with Gasteiger partial charge >= 0.3 is 0 Å². The molecule has 1 unspecified atom stereocenters. The van der Waals surface area contributed by atoms with Crippen LogP contribution >= 0.6 is 0 Å². The summed E-state index contributed by atoms with van der Waals surface area (Å²) in [4.78, 5) is 0. The Morgan fingerprint density at radius 1 is 1.18 bits per heavy atom. The molecule has 0 saturated heterocycles. The summed E-state index contributed by atoms with van der Waals surface area (Å²) in [5.74, 6) is 1.74. The van der Waals surface area contributed by atoms with E-state index in [4.69, 9.17) is 9.15 Å². The van der Waals surface area contributed by atoms with Gasteiger partial charge in [-0.25, -0.2) is 0 Å². The highest BCUT2D eigenvalue weighted by atomic mass is 16.5. The molecule has 1 atom stereocenters. The van der Waals surface area contributed by atoms with Crippen molar-refractivity contribution in [3.63, 3.8) is 0 Å². The Kier molecular flexibility index (Phi) is 5.77. The van der Waals surface area contributed by atoms with E-state index in [-0.39, 0.29) is 12.1 Å². The average Bonchev–Trinajstić information content (AvgIpc) is 2.96. The quantitative estimate of drug-likeness (QED) is 0.786. The maximum Gasteiger partial charge on any atom is 0.134 e. The number of rotatable bonds is 8. The van der Waals surface area contributed by atoms with Gasteiger partial charge in [0, 0.05) is 24.8 Å². The van der Waals surface area contributed by atoms with Gasteiger partial charge in [-0.1, -0.05) is 29.8 Å². The van der Waals surface area contributed by atoms with Crippen LogP contribution in [0, 0.1) is 6.92 Å². The van der Waals surface area contributed by atoms with Gasteiger partial charge in [0.15, 0.2) is 0 Å². The number of aliphatic hydroxyl groups is 1. The highest BCUT2D eigenvalue weighted by molar-refractivity contribution is 5.57. The predicted molar refractivity (Wildman–Crippen MR) is 87.7 cm³/mol. The van der Waals surface area contributed by atoms with Gasteiger partial charge in [0.1, 0.15) is 11.5 Å². The van der Waals surface area contributed by atoms with Gasteiger partial charge in [0.05, 0.1) is 13.2 Å². The molecule has 0 bridgehead atoms. The SMILES string of the molecule is COCC(C)(CCO)NCc1ccc(-c2ccc(C)cc2)o1. The lowest BCUT2D eigenvalue weighted by molar-refractivity contribution is 0.0957. The van der Waals surface area contributed by atoms with Crippen LogP contribution in [0.2, 0.25) is 0 Å². The molecule has 120 valence electrons. The maximum atomic E-state index is 9.18. The van der Waals surface area contributed by atoms with Crippen LogP contribution in [-0.2, 0) is 11.3 Å². The number of hydrogen-bond acceptors (Lipinski definition) is 4. The fourth-order valence-corrected chi connectivity index (χ4v) is 2.42. The molecule has 0 saturated carbocycles. The van der Waals surface area contributed by atoms with E-state index in [1.165, 1.54) is 5.56 Å². The first-order valence-corrected chi connectivity index (χ1v) is 7.57. The number of furan rings is 1. The van der Waals surface area contributed by atoms with Gasteiger partial charge < -0.3 is 19.6 Å². The fraction of sp³-hybridized carbons (Fsp3) is 0.444. The topological polar surface area (TPSA) is 54.6 Å². The summed E-state index contributed by atoms with van der Waals surface area (Å²) in [6.07, 6.45) is 0.631. The van der Waals surface area contributed by atoms with Crippen LogP contribution in [0.4, 0.5) is 0 Å². The molecular weight excluding hydrogens is 278 g/mol. The molecule has 2 N–H and O–H groups in total. The lowest BCUT2D eigenvalue weighted by Gasteiger charge is -2.29. The van der Waals surface area contributed by atoms with Crippen LogP contribution in [-0.4, -0.2) is 31.0 Å². The number of benzene rings is 1. The second-order valence-corrected chi connectivity index (χ2v) is 5.95. The summed E-state index contributed by atoms with van der Waals surface area (Å²) in [5.41, 5.74) is 2.05. The number of nitrogens with one attached hydrogen (secondary N) is 1. The molecule has 0 spiro atoms. The standard InChI is InChI=1S/C18H25NO3/c1-14-4-6-15(7-5-14)17-9-8-16(22-17)12-19-18(2,10-11-20)13-21-3/h4-9,19-20H,10-13H2,1-3H3. The third-order valence-electron chi connectivity index (χ3n) is 3.81. The number of methoxy groups -OCH3 is 1. The van der Waals surface area contributed by atoms with Crippen molar-refractivity contribution in [3.05, 3.63) is 47.7 Å². The van der Waals surface area contributed by atoms with E-state index in [2.05, 4.69) is 36.5 Å². The molecule has 0 aliphatic rings. The van der Waals surface area contributed by atoms with Gasteiger partial charge in [0.2, 0.25) is 0 Å². The van der Waals surface area contributed by atoms with Crippen LogP contribution in [0.3, 0.4) is 0 Å². The van der Waals surface area contributed by atoms with Crippen molar-refractivity contribution < 1.29 is 14.3 Å². The zero-order valence-electron chi connectivity index (χ0n) is 13.6. The van der Waals surface area contributed by atoms with Crippen molar-refractivity contribution in [1.82, 2.24) is 5.32 Å². The molecule has 1 heterocycles. The molecule has 4 nitrogen and oxygen atoms in total. The summed E-state index contributed by atoms with van der Waals surface area (Å²) in [6, 6.07) is 12.2. The largest absolute Gasteiger partial charge is 0.460 e. The van der Waals surface area contributed by atoms with E-state index >= 15 is 0 Å². The second-order valence-electron chi connectivity index (χ2n) is 5.95. The minimum Gasteiger partial charge on any atom is -0.460 e. The number of ether oxygens (including phenoxy) is 1. The van der Waals surface area contributed by atoms with E-state index in [1.807, 2.05) is 19.1 Å². The summed E-state index contributed by atoms with van der Waals surface area (Å²) < 4.78 is 11.1. The second kappa shape index (κ2) is 7.58. The van der Waals surface area contributed by atoms with Crippen LogP contribution in [0.25, 0.3) is 11.3 Å². The lowest BCUT2D eigenvalue weighted by Crippen LogP contribution is -2.46. The normalized spacial score (nSPS) is 14.0. The van der Waals surface area contributed by atoms with Crippen molar-refractivity contribution in [2.24, 2.45) is 0 Å². The first-order valence-electron chi connectivity index (χ1n) is 7.57. The molecule has 0 aliphatic carbocycles. The van der Waals surface area contributed by atoms with Crippen molar-refractivity contribution in [1.29, 1.82) is 0 Å². The Hall–Kier alpha value is -1.62. The molecule has 0 aliphatic heterocycles. The minimum absolute atomic E-state index is 0.125. The third-order valence-corrected chi connectivity index (χ3v) is 3.81. The number of aryl methyl sites for hydroxylation is 1. The summed E-state index contributed by atoms with van der Waals surface area (Å²) in [7, 11) is 1.67. The zero-order chi connectivity index (χ0) is 16.0. The molecule has 1 aromatic carbocycles. The van der Waals surface area contributed by atoms with Crippen LogP contribution < -0.4 is 5.32 Å². The van der Waals surface area contributed by atoms with Gasteiger partial charge in [-0.3, -0.25) is 0 Å². The number of aliphatic hydroxyl groups excluding tert-OH is 1. The first kappa shape index (κ1) is 16.7. The molecule has 22 heavy (non-hydrogen) atoms. The van der Waals surface area contributed by atoms with E-state index in [1.54, 1.807) is 7.11 Å². The molecule has 0 fully saturated rings. The predicted octanol–water partition coefficient (Wildman–Crippen LogP) is 3.13. The van der Waals surface area contributed by atoms with E-state index in [0.717, 1.165) is 17.1 Å². The summed E-state index contributed by atoms with van der Waals surface area (Å²) in [6.45, 7) is 5.38. The molecular formula is C18H25NO3. The van der Waals surface area contributed by atoms with E-state index in [0.29, 0.717) is 19.6 Å². The van der Waals surface area contributed by atoms with Gasteiger partial charge in [0.25, 0.3) is 0 Å². The van der Waals surface area contributed by atoms with Gasteiger partial charge in [-0.15, -0.1) is 0 Å². The Balaban J connectivity index is 2.01. The molecule has 4 heteroatoms. The highest BCUT2D eigenvalue weighted by Gasteiger charge is 2.23. The Bertz CT molecular complexity index is 568. The number of hydrogen-bond donors (Lipinski definition) is 2. The van der Waals surface area contributed by atoms with Crippen molar-refractivity contribution >= 4 is 0 Å².